The number of morpholine rings is 1. The summed E-state index contributed by atoms with van der Waals surface area (Å²) in [4.78, 5) is 17.9. The lowest BCUT2D eigenvalue weighted by atomic mass is 9.83. The molecule has 1 saturated heterocycles. The number of aromatic nitrogens is 1. The van der Waals surface area contributed by atoms with Crippen molar-refractivity contribution in [3.05, 3.63) is 53.9 Å². The number of carboxylic acids is 1. The number of ether oxygens (including phenoxy) is 2. The second kappa shape index (κ2) is 9.47. The van der Waals surface area contributed by atoms with E-state index in [4.69, 9.17) is 9.47 Å². The van der Waals surface area contributed by atoms with Gasteiger partial charge in [0.1, 0.15) is 11.9 Å². The van der Waals surface area contributed by atoms with Crippen molar-refractivity contribution in [1.82, 2.24) is 4.98 Å². The van der Waals surface area contributed by atoms with Gasteiger partial charge in [0, 0.05) is 19.2 Å². The summed E-state index contributed by atoms with van der Waals surface area (Å²) in [6, 6.07) is 9.03. The van der Waals surface area contributed by atoms with Crippen molar-refractivity contribution in [2.75, 3.05) is 31.2 Å². The smallest absolute Gasteiger partial charge is 0.335 e. The molecule has 0 amide bonds. The SMILES string of the molecule is CC1CCC(COc2cncc(N3CCOC(c4cccc(C(=O)O)c4)C3)c2)CC1. The molecule has 6 heteroatoms. The maximum absolute atomic E-state index is 11.3. The van der Waals surface area contributed by atoms with Crippen LogP contribution < -0.4 is 9.64 Å². The van der Waals surface area contributed by atoms with Gasteiger partial charge in [-0.25, -0.2) is 4.79 Å². The first-order valence-corrected chi connectivity index (χ1v) is 10.9. The Hall–Kier alpha value is -2.60. The minimum atomic E-state index is -0.925. The van der Waals surface area contributed by atoms with Crippen molar-refractivity contribution in [2.45, 2.75) is 38.7 Å². The molecule has 1 N–H and O–H groups in total. The second-order valence-electron chi connectivity index (χ2n) is 8.55. The van der Waals surface area contributed by atoms with E-state index in [-0.39, 0.29) is 11.7 Å². The van der Waals surface area contributed by atoms with Crippen molar-refractivity contribution in [3.8, 4) is 5.75 Å². The third kappa shape index (κ3) is 5.11. The lowest BCUT2D eigenvalue weighted by molar-refractivity contribution is 0.0396. The van der Waals surface area contributed by atoms with Gasteiger partial charge >= 0.3 is 5.97 Å². The van der Waals surface area contributed by atoms with Crippen LogP contribution >= 0.6 is 0 Å². The summed E-state index contributed by atoms with van der Waals surface area (Å²) in [5, 5.41) is 9.25. The molecule has 2 fully saturated rings. The zero-order valence-corrected chi connectivity index (χ0v) is 17.5. The number of carbonyl (C=O) groups is 1. The van der Waals surface area contributed by atoms with E-state index in [0.717, 1.165) is 36.1 Å². The maximum Gasteiger partial charge on any atom is 0.335 e. The molecule has 0 radical (unpaired) electrons. The molecule has 1 aliphatic heterocycles. The van der Waals surface area contributed by atoms with Gasteiger partial charge in [-0.2, -0.15) is 0 Å². The number of aromatic carboxylic acids is 1. The molecule has 160 valence electrons. The quantitative estimate of drug-likeness (QED) is 0.753. The highest BCUT2D eigenvalue weighted by atomic mass is 16.5. The van der Waals surface area contributed by atoms with Crippen LogP contribution in [-0.2, 0) is 4.74 Å². The molecule has 2 aliphatic rings. The van der Waals surface area contributed by atoms with Crippen LogP contribution in [-0.4, -0.2) is 42.4 Å². The van der Waals surface area contributed by atoms with Gasteiger partial charge in [-0.15, -0.1) is 0 Å². The Kier molecular flexibility index (Phi) is 6.53. The highest BCUT2D eigenvalue weighted by molar-refractivity contribution is 5.87. The molecule has 2 aromatic rings. The average molecular weight is 411 g/mol. The zero-order chi connectivity index (χ0) is 20.9. The summed E-state index contributed by atoms with van der Waals surface area (Å²) in [5.74, 6) is 1.36. The monoisotopic (exact) mass is 410 g/mol. The van der Waals surface area contributed by atoms with E-state index >= 15 is 0 Å². The van der Waals surface area contributed by atoms with E-state index in [0.29, 0.717) is 19.1 Å². The molecule has 0 spiro atoms. The predicted octanol–water partition coefficient (Wildman–Crippen LogP) is 4.56. The fourth-order valence-corrected chi connectivity index (χ4v) is 4.33. The number of hydrogen-bond acceptors (Lipinski definition) is 5. The van der Waals surface area contributed by atoms with Gasteiger partial charge in [-0.1, -0.05) is 31.9 Å². The van der Waals surface area contributed by atoms with Crippen LogP contribution in [0, 0.1) is 11.8 Å². The Morgan fingerprint density at radius 3 is 2.87 bits per heavy atom. The first kappa shape index (κ1) is 20.7. The van der Waals surface area contributed by atoms with Gasteiger partial charge in [0.25, 0.3) is 0 Å². The Labute approximate surface area is 177 Å². The van der Waals surface area contributed by atoms with Crippen LogP contribution in [0.4, 0.5) is 5.69 Å². The standard InChI is InChI=1S/C24H30N2O4/c1-17-5-7-18(8-6-17)16-30-22-12-21(13-25-14-22)26-9-10-29-23(15-26)19-3-2-4-20(11-19)24(27)28/h2-4,11-14,17-18,23H,5-10,15-16H2,1H3,(H,27,28). The normalized spacial score (nSPS) is 24.4. The number of rotatable bonds is 6. The molecule has 4 rings (SSSR count). The van der Waals surface area contributed by atoms with Gasteiger partial charge in [0.2, 0.25) is 0 Å². The van der Waals surface area contributed by atoms with Crippen molar-refractivity contribution >= 4 is 11.7 Å². The molecular formula is C24H30N2O4. The Morgan fingerprint density at radius 2 is 2.07 bits per heavy atom. The lowest BCUT2D eigenvalue weighted by Gasteiger charge is -2.34. The second-order valence-corrected chi connectivity index (χ2v) is 8.55. The van der Waals surface area contributed by atoms with Crippen molar-refractivity contribution in [2.24, 2.45) is 11.8 Å². The predicted molar refractivity (Wildman–Crippen MR) is 115 cm³/mol. The van der Waals surface area contributed by atoms with Crippen LogP contribution in [0.2, 0.25) is 0 Å². The summed E-state index contributed by atoms with van der Waals surface area (Å²) in [6.45, 7) is 5.08. The third-order valence-corrected chi connectivity index (χ3v) is 6.26. The fourth-order valence-electron chi connectivity index (χ4n) is 4.33. The summed E-state index contributed by atoms with van der Waals surface area (Å²) in [5.41, 5.74) is 2.17. The number of benzene rings is 1. The van der Waals surface area contributed by atoms with Crippen LogP contribution in [0.5, 0.6) is 5.75 Å². The van der Waals surface area contributed by atoms with Gasteiger partial charge in [-0.3, -0.25) is 4.98 Å². The highest BCUT2D eigenvalue weighted by Gasteiger charge is 2.24. The molecule has 1 saturated carbocycles. The average Bonchev–Trinajstić information content (AvgIpc) is 2.79. The molecule has 1 atom stereocenters. The minimum absolute atomic E-state index is 0.174. The number of pyridine rings is 1. The molecule has 1 unspecified atom stereocenters. The largest absolute Gasteiger partial charge is 0.492 e. The van der Waals surface area contributed by atoms with E-state index < -0.39 is 5.97 Å². The fraction of sp³-hybridized carbons (Fsp3) is 0.500. The van der Waals surface area contributed by atoms with Crippen molar-refractivity contribution in [3.63, 3.8) is 0 Å². The highest BCUT2D eigenvalue weighted by Crippen LogP contribution is 2.30. The Bertz CT molecular complexity index is 864. The van der Waals surface area contributed by atoms with Crippen molar-refractivity contribution in [1.29, 1.82) is 0 Å². The molecule has 6 nitrogen and oxygen atoms in total. The van der Waals surface area contributed by atoms with E-state index in [1.165, 1.54) is 25.7 Å². The first-order valence-electron chi connectivity index (χ1n) is 10.9. The topological polar surface area (TPSA) is 71.9 Å². The molecule has 2 heterocycles. The van der Waals surface area contributed by atoms with Gasteiger partial charge in [0.15, 0.2) is 0 Å². The summed E-state index contributed by atoms with van der Waals surface area (Å²) in [6.07, 6.45) is 8.54. The van der Waals surface area contributed by atoms with Crippen LogP contribution in [0.3, 0.4) is 0 Å². The van der Waals surface area contributed by atoms with E-state index in [1.54, 1.807) is 24.4 Å². The van der Waals surface area contributed by atoms with Gasteiger partial charge in [-0.05, 0) is 42.4 Å². The molecule has 1 aliphatic carbocycles. The lowest BCUT2D eigenvalue weighted by Crippen LogP contribution is -2.38. The number of carboxylic acid groups (broad SMARTS) is 1. The Balaban J connectivity index is 1.39. The van der Waals surface area contributed by atoms with Gasteiger partial charge < -0.3 is 19.5 Å². The summed E-state index contributed by atoms with van der Waals surface area (Å²) >= 11 is 0. The van der Waals surface area contributed by atoms with E-state index in [1.807, 2.05) is 12.3 Å². The van der Waals surface area contributed by atoms with Crippen LogP contribution in [0.25, 0.3) is 0 Å². The zero-order valence-electron chi connectivity index (χ0n) is 17.5. The van der Waals surface area contributed by atoms with E-state index in [2.05, 4.69) is 22.9 Å². The summed E-state index contributed by atoms with van der Waals surface area (Å²) < 4.78 is 12.0. The van der Waals surface area contributed by atoms with Crippen LogP contribution in [0.1, 0.15) is 54.6 Å². The molecule has 0 bridgehead atoms. The van der Waals surface area contributed by atoms with E-state index in [9.17, 15) is 9.90 Å². The summed E-state index contributed by atoms with van der Waals surface area (Å²) in [7, 11) is 0. The molecule has 1 aromatic carbocycles. The Morgan fingerprint density at radius 1 is 1.23 bits per heavy atom. The molecule has 30 heavy (non-hydrogen) atoms. The minimum Gasteiger partial charge on any atom is -0.492 e. The number of anilines is 1. The molecular weight excluding hydrogens is 380 g/mol. The first-order chi connectivity index (χ1) is 14.6. The maximum atomic E-state index is 11.3. The number of hydrogen-bond donors (Lipinski definition) is 1. The number of nitrogens with zero attached hydrogens (tertiary/aromatic N) is 2. The van der Waals surface area contributed by atoms with Gasteiger partial charge in [0.05, 0.1) is 36.9 Å². The molecule has 1 aromatic heterocycles. The van der Waals surface area contributed by atoms with Crippen LogP contribution in [0.15, 0.2) is 42.7 Å². The third-order valence-electron chi connectivity index (χ3n) is 6.26. The van der Waals surface area contributed by atoms with Crippen molar-refractivity contribution < 1.29 is 19.4 Å².